The van der Waals surface area contributed by atoms with Crippen LogP contribution in [0.4, 0.5) is 0 Å². The summed E-state index contributed by atoms with van der Waals surface area (Å²) in [6, 6.07) is 9.59. The summed E-state index contributed by atoms with van der Waals surface area (Å²) in [5.41, 5.74) is 1.04. The Hall–Kier alpha value is -3.72. The third-order valence-electron chi connectivity index (χ3n) is 7.36. The van der Waals surface area contributed by atoms with Gasteiger partial charge in [-0.15, -0.1) is 0 Å². The molecule has 0 saturated carbocycles. The predicted molar refractivity (Wildman–Crippen MR) is 152 cm³/mol. The Balaban J connectivity index is 1.77. The quantitative estimate of drug-likeness (QED) is 0.231. The highest BCUT2D eigenvalue weighted by molar-refractivity contribution is 6.46. The Labute approximate surface area is 236 Å². The van der Waals surface area contributed by atoms with Crippen molar-refractivity contribution in [3.8, 4) is 23.0 Å². The molecule has 1 amide bonds. The zero-order chi connectivity index (χ0) is 28.8. The van der Waals surface area contributed by atoms with Crippen molar-refractivity contribution in [1.29, 1.82) is 0 Å². The fourth-order valence-corrected chi connectivity index (χ4v) is 4.97. The lowest BCUT2D eigenvalue weighted by Crippen LogP contribution is -2.38. The number of aliphatic hydroxyl groups is 1. The van der Waals surface area contributed by atoms with Crippen molar-refractivity contribution < 1.29 is 33.6 Å². The van der Waals surface area contributed by atoms with Gasteiger partial charge < -0.3 is 33.9 Å². The number of likely N-dealkylation sites (N-methyl/N-ethyl adjacent to an activating group) is 1. The lowest BCUT2D eigenvalue weighted by atomic mass is 9.94. The third-order valence-corrected chi connectivity index (χ3v) is 7.36. The lowest BCUT2D eigenvalue weighted by Gasteiger charge is -2.28. The van der Waals surface area contributed by atoms with Crippen LogP contribution >= 0.6 is 0 Å². The number of fused-ring (bicyclic) bond motifs is 1. The first-order chi connectivity index (χ1) is 19.3. The van der Waals surface area contributed by atoms with Crippen LogP contribution in [0, 0.1) is 5.92 Å². The molecule has 1 saturated heterocycles. The smallest absolute Gasteiger partial charge is 0.295 e. The monoisotopic (exact) mass is 552 g/mol. The van der Waals surface area contributed by atoms with E-state index in [-0.39, 0.29) is 11.3 Å². The molecule has 1 unspecified atom stereocenters. The van der Waals surface area contributed by atoms with E-state index in [4.69, 9.17) is 18.9 Å². The molecule has 2 aliphatic rings. The van der Waals surface area contributed by atoms with E-state index in [0.29, 0.717) is 73.0 Å². The molecule has 0 spiro atoms. The molecule has 2 aromatic carbocycles. The van der Waals surface area contributed by atoms with Crippen LogP contribution in [0.3, 0.4) is 0 Å². The number of ketones is 1. The summed E-state index contributed by atoms with van der Waals surface area (Å²) in [5, 5.41) is 11.5. The average Bonchev–Trinajstić information content (AvgIpc) is 3.22. The molecule has 0 aromatic heterocycles. The van der Waals surface area contributed by atoms with Crippen LogP contribution in [0.2, 0.25) is 0 Å². The van der Waals surface area contributed by atoms with Crippen LogP contribution in [-0.4, -0.2) is 79.7 Å². The van der Waals surface area contributed by atoms with Crippen LogP contribution in [0.5, 0.6) is 23.0 Å². The van der Waals surface area contributed by atoms with Crippen molar-refractivity contribution >= 4 is 17.4 Å². The number of methoxy groups -OCH3 is 1. The van der Waals surface area contributed by atoms with E-state index < -0.39 is 17.7 Å². The van der Waals surface area contributed by atoms with Crippen molar-refractivity contribution in [2.45, 2.75) is 40.2 Å². The average molecular weight is 553 g/mol. The van der Waals surface area contributed by atoms with E-state index in [0.717, 1.165) is 19.5 Å². The summed E-state index contributed by atoms with van der Waals surface area (Å²) in [6.45, 7) is 12.3. The van der Waals surface area contributed by atoms with Crippen molar-refractivity contribution in [3.05, 3.63) is 53.1 Å². The number of rotatable bonds is 12. The summed E-state index contributed by atoms with van der Waals surface area (Å²) in [7, 11) is 1.56. The summed E-state index contributed by atoms with van der Waals surface area (Å²) in [6.07, 6.45) is 0.895. The topological polar surface area (TPSA) is 97.8 Å². The van der Waals surface area contributed by atoms with E-state index in [1.165, 1.54) is 4.90 Å². The molecule has 2 heterocycles. The van der Waals surface area contributed by atoms with E-state index in [1.807, 2.05) is 6.07 Å². The molecule has 0 radical (unpaired) electrons. The number of nitrogens with zero attached hydrogens (tertiary/aromatic N) is 2. The molecule has 2 aliphatic heterocycles. The standard InChI is InChI=1S/C31H40N2O7/c1-6-32(7-2)13-14-33-28(21-8-10-23(25(18-21)37-5)38-15-12-20(3)4)27(30(35)31(33)36)29(34)22-9-11-24-26(19-22)40-17-16-39-24/h8-11,18-20,28,34H,6-7,12-17H2,1-5H3/b29-27+. The summed E-state index contributed by atoms with van der Waals surface area (Å²) in [4.78, 5) is 30.6. The molecule has 216 valence electrons. The summed E-state index contributed by atoms with van der Waals surface area (Å²) >= 11 is 0. The third kappa shape index (κ3) is 6.20. The maximum absolute atomic E-state index is 13.5. The van der Waals surface area contributed by atoms with Crippen molar-refractivity contribution in [3.63, 3.8) is 0 Å². The number of benzene rings is 2. The highest BCUT2D eigenvalue weighted by Gasteiger charge is 2.46. The molecule has 1 N–H and O–H groups in total. The molecular weight excluding hydrogens is 512 g/mol. The Kier molecular flexibility index (Phi) is 9.58. The fourth-order valence-electron chi connectivity index (χ4n) is 4.97. The number of hydrogen-bond acceptors (Lipinski definition) is 8. The van der Waals surface area contributed by atoms with Gasteiger partial charge in [-0.3, -0.25) is 9.59 Å². The van der Waals surface area contributed by atoms with E-state index in [2.05, 4.69) is 32.6 Å². The number of hydrogen-bond donors (Lipinski definition) is 1. The Morgan fingerprint density at radius 1 is 1.05 bits per heavy atom. The van der Waals surface area contributed by atoms with Gasteiger partial charge in [0.2, 0.25) is 0 Å². The molecule has 0 bridgehead atoms. The first-order valence-corrected chi connectivity index (χ1v) is 14.0. The van der Waals surface area contributed by atoms with Crippen molar-refractivity contribution in [1.82, 2.24) is 9.80 Å². The van der Waals surface area contributed by atoms with Crippen LogP contribution < -0.4 is 18.9 Å². The minimum absolute atomic E-state index is 0.0248. The van der Waals surface area contributed by atoms with Gasteiger partial charge in [0.25, 0.3) is 11.7 Å². The zero-order valence-electron chi connectivity index (χ0n) is 24.1. The second-order valence-electron chi connectivity index (χ2n) is 10.3. The summed E-state index contributed by atoms with van der Waals surface area (Å²) in [5.74, 6) is 0.983. The number of likely N-dealkylation sites (tertiary alicyclic amines) is 1. The van der Waals surface area contributed by atoms with Crippen molar-refractivity contribution in [2.75, 3.05) is 53.1 Å². The molecule has 2 aromatic rings. The minimum atomic E-state index is -0.803. The van der Waals surface area contributed by atoms with E-state index in [1.54, 1.807) is 37.4 Å². The van der Waals surface area contributed by atoms with Gasteiger partial charge in [-0.25, -0.2) is 0 Å². The molecule has 9 nitrogen and oxygen atoms in total. The van der Waals surface area contributed by atoms with E-state index in [9.17, 15) is 14.7 Å². The zero-order valence-corrected chi connectivity index (χ0v) is 24.1. The SMILES string of the molecule is CCN(CC)CCN1C(=O)C(=O)/C(=C(/O)c2ccc3c(c2)OCCO3)C1c1ccc(OCCC(C)C)c(OC)c1. The van der Waals surface area contributed by atoms with Gasteiger partial charge in [0.15, 0.2) is 23.0 Å². The van der Waals surface area contributed by atoms with Crippen LogP contribution in [0.1, 0.15) is 51.3 Å². The molecule has 9 heteroatoms. The maximum atomic E-state index is 13.5. The van der Waals surface area contributed by atoms with Crippen LogP contribution in [0.15, 0.2) is 42.0 Å². The van der Waals surface area contributed by atoms with Gasteiger partial charge in [-0.1, -0.05) is 33.8 Å². The molecule has 0 aliphatic carbocycles. The van der Waals surface area contributed by atoms with Gasteiger partial charge >= 0.3 is 0 Å². The molecule has 1 fully saturated rings. The number of carbonyl (C=O) groups excluding carboxylic acids is 2. The second kappa shape index (κ2) is 13.1. The molecule has 40 heavy (non-hydrogen) atoms. The number of Topliss-reactive ketones (excluding diaryl/α,β-unsaturated/α-hetero) is 1. The largest absolute Gasteiger partial charge is 0.507 e. The van der Waals surface area contributed by atoms with Crippen LogP contribution in [-0.2, 0) is 9.59 Å². The van der Waals surface area contributed by atoms with Gasteiger partial charge in [-0.05, 0) is 61.3 Å². The number of carbonyl (C=O) groups is 2. The lowest BCUT2D eigenvalue weighted by molar-refractivity contribution is -0.140. The first-order valence-electron chi connectivity index (χ1n) is 14.0. The van der Waals surface area contributed by atoms with Gasteiger partial charge in [-0.2, -0.15) is 0 Å². The summed E-state index contributed by atoms with van der Waals surface area (Å²) < 4.78 is 22.9. The predicted octanol–water partition coefficient (Wildman–Crippen LogP) is 4.65. The van der Waals surface area contributed by atoms with E-state index >= 15 is 0 Å². The molecule has 1 atom stereocenters. The number of ether oxygens (including phenoxy) is 4. The highest BCUT2D eigenvalue weighted by atomic mass is 16.6. The van der Waals surface area contributed by atoms with Gasteiger partial charge in [0, 0.05) is 18.7 Å². The Bertz CT molecular complexity index is 1250. The van der Waals surface area contributed by atoms with Gasteiger partial charge in [0.05, 0.1) is 25.3 Å². The Morgan fingerprint density at radius 2 is 1.77 bits per heavy atom. The first kappa shape index (κ1) is 29.3. The van der Waals surface area contributed by atoms with Crippen molar-refractivity contribution in [2.24, 2.45) is 5.92 Å². The van der Waals surface area contributed by atoms with Crippen LogP contribution in [0.25, 0.3) is 5.76 Å². The maximum Gasteiger partial charge on any atom is 0.295 e. The number of amides is 1. The minimum Gasteiger partial charge on any atom is -0.507 e. The normalized spacial score (nSPS) is 18.1. The van der Waals surface area contributed by atoms with Gasteiger partial charge in [0.1, 0.15) is 19.0 Å². The number of aliphatic hydroxyl groups excluding tert-OH is 1. The second-order valence-corrected chi connectivity index (χ2v) is 10.3. The molecule has 4 rings (SSSR count). The fraction of sp³-hybridized carbons (Fsp3) is 0.484. The molecular formula is C31H40N2O7. The Morgan fingerprint density at radius 3 is 2.45 bits per heavy atom. The highest BCUT2D eigenvalue weighted by Crippen LogP contribution is 2.43.